The van der Waals surface area contributed by atoms with E-state index in [4.69, 9.17) is 0 Å². The van der Waals surface area contributed by atoms with Crippen LogP contribution >= 0.6 is 22.7 Å². The highest BCUT2D eigenvalue weighted by molar-refractivity contribution is 7.26. The van der Waals surface area contributed by atoms with E-state index in [0.29, 0.717) is 0 Å². The van der Waals surface area contributed by atoms with Crippen LogP contribution in [0, 0.1) is 0 Å². The molecule has 2 aliphatic heterocycles. The molecule has 11 aromatic carbocycles. The lowest BCUT2D eigenvalue weighted by molar-refractivity contribution is 1.25. The molecule has 0 radical (unpaired) electrons. The van der Waals surface area contributed by atoms with Gasteiger partial charge in [-0.05, 0) is 134 Å². The van der Waals surface area contributed by atoms with Gasteiger partial charge in [0.25, 0.3) is 6.71 Å². The molecule has 0 bridgehead atoms. The van der Waals surface area contributed by atoms with Crippen molar-refractivity contribution >= 4 is 120 Å². The fourth-order valence-electron chi connectivity index (χ4n) is 11.5. The monoisotopic (exact) mass is 936 g/mol. The van der Waals surface area contributed by atoms with E-state index >= 15 is 0 Å². The van der Waals surface area contributed by atoms with Gasteiger partial charge in [0, 0.05) is 74.5 Å². The van der Waals surface area contributed by atoms with E-state index in [9.17, 15) is 0 Å². The van der Waals surface area contributed by atoms with Gasteiger partial charge in [0.1, 0.15) is 0 Å². The van der Waals surface area contributed by atoms with Crippen molar-refractivity contribution in [3.63, 3.8) is 0 Å². The van der Waals surface area contributed by atoms with Gasteiger partial charge in [0.2, 0.25) is 0 Å². The molecular formula is C66H41BN2S2. The summed E-state index contributed by atoms with van der Waals surface area (Å²) in [6.45, 7) is 0.0200. The van der Waals surface area contributed by atoms with Gasteiger partial charge in [-0.25, -0.2) is 0 Å². The fraction of sp³-hybridized carbons (Fsp3) is 0. The third-order valence-electron chi connectivity index (χ3n) is 14.9. The second-order valence-electron chi connectivity index (χ2n) is 18.8. The zero-order chi connectivity index (χ0) is 46.6. The van der Waals surface area contributed by atoms with Crippen LogP contribution in [-0.4, -0.2) is 6.71 Å². The van der Waals surface area contributed by atoms with E-state index in [-0.39, 0.29) is 6.71 Å². The number of hydrogen-bond acceptors (Lipinski definition) is 4. The number of fused-ring (bicyclic) bond motifs is 10. The zero-order valence-electron chi connectivity index (χ0n) is 38.5. The number of anilines is 6. The fourth-order valence-corrected chi connectivity index (χ4v) is 13.8. The number of hydrogen-bond donors (Lipinski definition) is 0. The number of thiophene rings is 2. The van der Waals surface area contributed by atoms with Gasteiger partial charge >= 0.3 is 0 Å². The summed E-state index contributed by atoms with van der Waals surface area (Å²) in [7, 11) is 0. The predicted molar refractivity (Wildman–Crippen MR) is 308 cm³/mol. The Bertz CT molecular complexity index is 3960. The molecule has 0 atom stereocenters. The Kier molecular flexibility index (Phi) is 9.13. The first-order valence-electron chi connectivity index (χ1n) is 24.3. The average Bonchev–Trinajstić information content (AvgIpc) is 4.01. The van der Waals surface area contributed by atoms with E-state index in [1.54, 1.807) is 0 Å². The van der Waals surface area contributed by atoms with Gasteiger partial charge in [0.05, 0.1) is 0 Å². The van der Waals surface area contributed by atoms with Crippen molar-refractivity contribution in [2.45, 2.75) is 0 Å². The van der Waals surface area contributed by atoms with Crippen molar-refractivity contribution < 1.29 is 0 Å². The van der Waals surface area contributed by atoms with Crippen LogP contribution < -0.4 is 26.2 Å². The molecule has 330 valence electrons. The lowest BCUT2D eigenvalue weighted by Gasteiger charge is -2.44. The van der Waals surface area contributed by atoms with E-state index in [2.05, 4.69) is 259 Å². The summed E-state index contributed by atoms with van der Waals surface area (Å²) in [5.74, 6) is 0. The number of nitrogens with zero attached hydrogens (tertiary/aromatic N) is 2. The van der Waals surface area contributed by atoms with Crippen molar-refractivity contribution in [1.82, 2.24) is 0 Å². The van der Waals surface area contributed by atoms with Gasteiger partial charge in [-0.1, -0.05) is 176 Å². The minimum absolute atomic E-state index is 0.0200. The topological polar surface area (TPSA) is 6.48 Å². The first-order chi connectivity index (χ1) is 35.2. The summed E-state index contributed by atoms with van der Waals surface area (Å²) < 4.78 is 5.32. The van der Waals surface area contributed by atoms with E-state index < -0.39 is 0 Å². The molecule has 0 saturated heterocycles. The van der Waals surface area contributed by atoms with Crippen LogP contribution in [0.3, 0.4) is 0 Å². The molecular weight excluding hydrogens is 896 g/mol. The second kappa shape index (κ2) is 16.0. The van der Waals surface area contributed by atoms with Crippen LogP contribution in [0.2, 0.25) is 0 Å². The smallest absolute Gasteiger partial charge is 0.252 e. The minimum Gasteiger partial charge on any atom is -0.311 e. The lowest BCUT2D eigenvalue weighted by Crippen LogP contribution is -2.61. The molecule has 71 heavy (non-hydrogen) atoms. The summed E-state index contributed by atoms with van der Waals surface area (Å²) >= 11 is 3.74. The molecule has 13 aromatic rings. The van der Waals surface area contributed by atoms with Gasteiger partial charge < -0.3 is 9.80 Å². The molecule has 0 spiro atoms. The Hall–Kier alpha value is -8.48. The largest absolute Gasteiger partial charge is 0.311 e. The molecule has 5 heteroatoms. The molecule has 2 aromatic heterocycles. The Morgan fingerprint density at radius 1 is 0.254 bits per heavy atom. The molecule has 2 aliphatic rings. The van der Waals surface area contributed by atoms with E-state index in [1.807, 2.05) is 22.7 Å². The van der Waals surface area contributed by atoms with Gasteiger partial charge in [0.15, 0.2) is 0 Å². The Labute approximate surface area is 420 Å². The van der Waals surface area contributed by atoms with Crippen molar-refractivity contribution in [3.05, 3.63) is 249 Å². The average molecular weight is 937 g/mol. The maximum atomic E-state index is 2.49. The summed E-state index contributed by atoms with van der Waals surface area (Å²) in [5, 5.41) is 5.32. The van der Waals surface area contributed by atoms with Gasteiger partial charge in [-0.15, -0.1) is 22.7 Å². The van der Waals surface area contributed by atoms with Crippen molar-refractivity contribution in [2.24, 2.45) is 0 Å². The maximum Gasteiger partial charge on any atom is 0.252 e. The number of para-hydroxylation sites is 2. The van der Waals surface area contributed by atoms with Crippen LogP contribution in [0.4, 0.5) is 34.1 Å². The van der Waals surface area contributed by atoms with Crippen LogP contribution in [0.5, 0.6) is 0 Å². The normalized spacial score (nSPS) is 12.7. The highest BCUT2D eigenvalue weighted by Gasteiger charge is 2.43. The van der Waals surface area contributed by atoms with Crippen molar-refractivity contribution in [1.29, 1.82) is 0 Å². The molecule has 0 fully saturated rings. The Morgan fingerprint density at radius 2 is 0.606 bits per heavy atom. The molecule has 2 nitrogen and oxygen atoms in total. The quantitative estimate of drug-likeness (QED) is 0.153. The first-order valence-corrected chi connectivity index (χ1v) is 26.0. The molecule has 0 saturated carbocycles. The summed E-state index contributed by atoms with van der Waals surface area (Å²) in [6, 6.07) is 92.6. The molecule has 0 unspecified atom stereocenters. The van der Waals surface area contributed by atoms with Crippen LogP contribution in [0.15, 0.2) is 249 Å². The Balaban J connectivity index is 0.837. The highest BCUT2D eigenvalue weighted by atomic mass is 32.1. The summed E-state index contributed by atoms with van der Waals surface area (Å²) in [5.41, 5.74) is 20.7. The third kappa shape index (κ3) is 6.47. The predicted octanol–water partition coefficient (Wildman–Crippen LogP) is 17.2. The van der Waals surface area contributed by atoms with Gasteiger partial charge in [-0.2, -0.15) is 0 Å². The molecule has 0 amide bonds. The SMILES string of the molecule is c1ccc(N2c3cc(-c4ccc(-c5ccc6c(c5)sc5ccccc56)cc4)ccc3B3c4ccc(-c5ccc(-c6ccc7c(c6)sc6ccccc67)cc5)cc4N(c4ccccc4)c4cccc2c43)cc1. The second-order valence-corrected chi connectivity index (χ2v) is 21.0. The van der Waals surface area contributed by atoms with Crippen LogP contribution in [-0.2, 0) is 0 Å². The maximum absolute atomic E-state index is 2.49. The zero-order valence-corrected chi connectivity index (χ0v) is 40.1. The van der Waals surface area contributed by atoms with Gasteiger partial charge in [-0.3, -0.25) is 0 Å². The van der Waals surface area contributed by atoms with Crippen LogP contribution in [0.1, 0.15) is 0 Å². The molecule has 15 rings (SSSR count). The number of rotatable bonds is 6. The van der Waals surface area contributed by atoms with Crippen molar-refractivity contribution in [3.8, 4) is 44.5 Å². The summed E-state index contributed by atoms with van der Waals surface area (Å²) in [4.78, 5) is 4.98. The van der Waals surface area contributed by atoms with Crippen LogP contribution in [0.25, 0.3) is 84.9 Å². The number of benzene rings is 11. The first kappa shape index (κ1) is 40.4. The lowest BCUT2D eigenvalue weighted by atomic mass is 9.33. The summed E-state index contributed by atoms with van der Waals surface area (Å²) in [6.07, 6.45) is 0. The third-order valence-corrected chi connectivity index (χ3v) is 17.2. The van der Waals surface area contributed by atoms with E-state index in [1.165, 1.54) is 124 Å². The highest BCUT2D eigenvalue weighted by Crippen LogP contribution is 2.46. The molecule has 0 aliphatic carbocycles. The molecule has 4 heterocycles. The standard InChI is InChI=1S/C66H41BN2S2/c1-3-12-50(13-4-1)68-58-18-11-19-59-66(58)67(56-36-32-46(38-60(56)68)42-22-26-44(27-23-42)48-30-34-54-52-16-7-9-20-62(52)70-64(54)40-48)57-37-33-47(39-61(57)69(59)51-14-5-2-6-15-51)43-24-28-45(29-25-43)49-31-35-55-53-17-8-10-21-63(53)71-65(55)41-49/h1-41H. The Morgan fingerprint density at radius 3 is 1.04 bits per heavy atom. The minimum atomic E-state index is 0.0200. The molecule has 0 N–H and O–H groups in total. The van der Waals surface area contributed by atoms with E-state index in [0.717, 1.165) is 11.4 Å². The van der Waals surface area contributed by atoms with Crippen molar-refractivity contribution in [2.75, 3.05) is 9.80 Å².